The maximum Gasteiger partial charge on any atom is 0.223 e. The Labute approximate surface area is 159 Å². The van der Waals surface area contributed by atoms with Crippen molar-refractivity contribution in [3.63, 3.8) is 0 Å². The molecule has 5 heteroatoms. The van der Waals surface area contributed by atoms with Crippen LogP contribution in [-0.2, 0) is 11.2 Å². The number of pyridine rings is 1. The number of likely N-dealkylation sites (tertiary alicyclic amines) is 1. The smallest absolute Gasteiger partial charge is 0.223 e. The van der Waals surface area contributed by atoms with Gasteiger partial charge >= 0.3 is 0 Å². The van der Waals surface area contributed by atoms with Crippen LogP contribution in [0.2, 0.25) is 0 Å². The highest BCUT2D eigenvalue weighted by atomic mass is 16.2. The van der Waals surface area contributed by atoms with Crippen LogP contribution in [0.3, 0.4) is 0 Å². The molecular weight excluding hydrogens is 336 g/mol. The number of benzene rings is 1. The van der Waals surface area contributed by atoms with Gasteiger partial charge in [0.15, 0.2) is 0 Å². The minimum absolute atomic E-state index is 0.132. The van der Waals surface area contributed by atoms with Crippen LogP contribution in [0.1, 0.15) is 42.9 Å². The van der Waals surface area contributed by atoms with Gasteiger partial charge in [-0.25, -0.2) is 0 Å². The van der Waals surface area contributed by atoms with Gasteiger partial charge in [-0.3, -0.25) is 14.9 Å². The molecule has 1 unspecified atom stereocenters. The first-order valence-electron chi connectivity index (χ1n) is 9.60. The molecular formula is C22H24N4O. The number of aromatic amines is 1. The van der Waals surface area contributed by atoms with Gasteiger partial charge in [-0.05, 0) is 42.9 Å². The van der Waals surface area contributed by atoms with Gasteiger partial charge in [0.2, 0.25) is 5.91 Å². The lowest BCUT2D eigenvalue weighted by molar-refractivity contribution is -0.135. The molecule has 2 aromatic heterocycles. The number of nitrogens with one attached hydrogen (secondary N) is 1. The first kappa shape index (κ1) is 17.5. The molecule has 0 radical (unpaired) electrons. The van der Waals surface area contributed by atoms with Gasteiger partial charge in [0.05, 0.1) is 17.9 Å². The molecule has 0 spiro atoms. The van der Waals surface area contributed by atoms with E-state index in [-0.39, 0.29) is 11.9 Å². The van der Waals surface area contributed by atoms with Crippen molar-refractivity contribution >= 4 is 5.91 Å². The Bertz CT molecular complexity index is 859. The van der Waals surface area contributed by atoms with Crippen LogP contribution in [0.15, 0.2) is 61.1 Å². The Morgan fingerprint density at radius 1 is 1.11 bits per heavy atom. The third kappa shape index (κ3) is 4.08. The fourth-order valence-corrected chi connectivity index (χ4v) is 3.78. The van der Waals surface area contributed by atoms with E-state index in [9.17, 15) is 4.79 Å². The van der Waals surface area contributed by atoms with E-state index in [1.54, 1.807) is 6.20 Å². The van der Waals surface area contributed by atoms with Crippen LogP contribution in [0.25, 0.3) is 11.3 Å². The Kier molecular flexibility index (Phi) is 5.28. The number of carbonyl (C=O) groups excluding carboxylic acids is 1. The van der Waals surface area contributed by atoms with Crippen LogP contribution in [0.5, 0.6) is 0 Å². The molecule has 1 amide bonds. The highest BCUT2D eigenvalue weighted by Gasteiger charge is 2.27. The number of rotatable bonds is 5. The Morgan fingerprint density at radius 3 is 2.74 bits per heavy atom. The highest BCUT2D eigenvalue weighted by Crippen LogP contribution is 2.32. The van der Waals surface area contributed by atoms with Crippen LogP contribution in [0, 0.1) is 0 Å². The molecule has 1 aliphatic rings. The van der Waals surface area contributed by atoms with Crippen LogP contribution >= 0.6 is 0 Å². The predicted octanol–water partition coefficient (Wildman–Crippen LogP) is 4.16. The highest BCUT2D eigenvalue weighted by molar-refractivity contribution is 5.77. The summed E-state index contributed by atoms with van der Waals surface area (Å²) in [4.78, 5) is 19.5. The zero-order chi connectivity index (χ0) is 18.5. The third-order valence-corrected chi connectivity index (χ3v) is 5.26. The summed E-state index contributed by atoms with van der Waals surface area (Å²) in [6.45, 7) is 0.835. The Morgan fingerprint density at radius 2 is 2.00 bits per heavy atom. The fraction of sp³-hybridized carbons (Fsp3) is 0.318. The summed E-state index contributed by atoms with van der Waals surface area (Å²) < 4.78 is 0. The first-order valence-corrected chi connectivity index (χ1v) is 9.60. The molecule has 0 aliphatic carbocycles. The summed E-state index contributed by atoms with van der Waals surface area (Å²) in [5.74, 6) is 0.238. The molecule has 5 nitrogen and oxygen atoms in total. The van der Waals surface area contributed by atoms with Crippen molar-refractivity contribution < 1.29 is 4.79 Å². The topological polar surface area (TPSA) is 61.9 Å². The minimum Gasteiger partial charge on any atom is -0.336 e. The van der Waals surface area contributed by atoms with Crippen LogP contribution in [0.4, 0.5) is 0 Å². The second kappa shape index (κ2) is 8.16. The molecule has 3 heterocycles. The normalized spacial score (nSPS) is 17.0. The number of carbonyl (C=O) groups is 1. The molecule has 1 aromatic carbocycles. The summed E-state index contributed by atoms with van der Waals surface area (Å²) >= 11 is 0. The van der Waals surface area contributed by atoms with E-state index in [1.165, 1.54) is 5.56 Å². The number of H-pyrrole nitrogens is 1. The van der Waals surface area contributed by atoms with E-state index in [2.05, 4.69) is 38.3 Å². The quantitative estimate of drug-likeness (QED) is 0.743. The Hall–Kier alpha value is -2.95. The molecule has 4 rings (SSSR count). The lowest BCUT2D eigenvalue weighted by atomic mass is 9.95. The monoisotopic (exact) mass is 360 g/mol. The molecule has 1 atom stereocenters. The maximum absolute atomic E-state index is 12.9. The van der Waals surface area contributed by atoms with Crippen molar-refractivity contribution in [2.45, 2.75) is 38.1 Å². The molecule has 1 aliphatic heterocycles. The van der Waals surface area contributed by atoms with Crippen LogP contribution in [-0.4, -0.2) is 32.5 Å². The minimum atomic E-state index is 0.132. The second-order valence-electron chi connectivity index (χ2n) is 7.05. The lowest BCUT2D eigenvalue weighted by Gasteiger charge is -2.36. The van der Waals surface area contributed by atoms with Crippen molar-refractivity contribution in [3.05, 3.63) is 72.2 Å². The molecule has 0 saturated carbocycles. The van der Waals surface area contributed by atoms with Gasteiger partial charge in [-0.2, -0.15) is 5.10 Å². The molecule has 138 valence electrons. The van der Waals surface area contributed by atoms with Crippen molar-refractivity contribution in [2.24, 2.45) is 0 Å². The largest absolute Gasteiger partial charge is 0.336 e. The summed E-state index contributed by atoms with van der Waals surface area (Å²) in [5.41, 5.74) is 4.20. The van der Waals surface area contributed by atoms with Crippen molar-refractivity contribution in [1.29, 1.82) is 0 Å². The van der Waals surface area contributed by atoms with Gasteiger partial charge in [-0.15, -0.1) is 0 Å². The second-order valence-corrected chi connectivity index (χ2v) is 7.05. The molecule has 3 aromatic rings. The van der Waals surface area contributed by atoms with Crippen molar-refractivity contribution in [2.75, 3.05) is 6.54 Å². The average molecular weight is 360 g/mol. The number of hydrogen-bond donors (Lipinski definition) is 1. The van der Waals surface area contributed by atoms with Gasteiger partial charge in [0.1, 0.15) is 0 Å². The number of amides is 1. The number of aryl methyl sites for hydroxylation is 1. The molecule has 27 heavy (non-hydrogen) atoms. The van der Waals surface area contributed by atoms with Gasteiger partial charge in [-0.1, -0.05) is 36.4 Å². The van der Waals surface area contributed by atoms with E-state index in [4.69, 9.17) is 0 Å². The number of nitrogens with zero attached hydrogens (tertiary/aromatic N) is 3. The SMILES string of the molecule is O=C(CCc1ccccc1)N1CCCCC1c1ccc(-c2cn[nH]c2)nc1. The van der Waals surface area contributed by atoms with E-state index in [1.807, 2.05) is 36.7 Å². The fourth-order valence-electron chi connectivity index (χ4n) is 3.78. The predicted molar refractivity (Wildman–Crippen MR) is 105 cm³/mol. The van der Waals surface area contributed by atoms with Crippen LogP contribution < -0.4 is 0 Å². The number of hydrogen-bond acceptors (Lipinski definition) is 3. The summed E-state index contributed by atoms with van der Waals surface area (Å²) in [6.07, 6.45) is 10.1. The standard InChI is InChI=1S/C22H24N4O/c27-22(12-9-17-6-2-1-3-7-17)26-13-5-4-8-21(26)18-10-11-20(23-14-18)19-15-24-25-16-19/h1-3,6-7,10-11,14-16,21H,4-5,8-9,12-13H2,(H,24,25). The van der Waals surface area contributed by atoms with Crippen molar-refractivity contribution in [1.82, 2.24) is 20.1 Å². The summed E-state index contributed by atoms with van der Waals surface area (Å²) in [7, 11) is 0. The molecule has 1 saturated heterocycles. The summed E-state index contributed by atoms with van der Waals surface area (Å²) in [6, 6.07) is 14.5. The zero-order valence-corrected chi connectivity index (χ0v) is 15.3. The maximum atomic E-state index is 12.9. The Balaban J connectivity index is 1.46. The van der Waals surface area contributed by atoms with Gasteiger partial charge < -0.3 is 4.90 Å². The summed E-state index contributed by atoms with van der Waals surface area (Å²) in [5, 5.41) is 6.79. The number of piperidine rings is 1. The zero-order valence-electron chi connectivity index (χ0n) is 15.3. The van der Waals surface area contributed by atoms with E-state index in [0.29, 0.717) is 6.42 Å². The van der Waals surface area contributed by atoms with Crippen molar-refractivity contribution in [3.8, 4) is 11.3 Å². The van der Waals surface area contributed by atoms with Gasteiger partial charge in [0.25, 0.3) is 0 Å². The lowest BCUT2D eigenvalue weighted by Crippen LogP contribution is -2.38. The third-order valence-electron chi connectivity index (χ3n) is 5.26. The van der Waals surface area contributed by atoms with E-state index >= 15 is 0 Å². The molecule has 1 fully saturated rings. The molecule has 0 bridgehead atoms. The average Bonchev–Trinajstić information content (AvgIpc) is 3.28. The number of aromatic nitrogens is 3. The van der Waals surface area contributed by atoms with E-state index < -0.39 is 0 Å². The molecule has 1 N–H and O–H groups in total. The van der Waals surface area contributed by atoms with E-state index in [0.717, 1.165) is 49.0 Å². The van der Waals surface area contributed by atoms with Gasteiger partial charge in [0, 0.05) is 30.9 Å². The first-order chi connectivity index (χ1) is 13.3.